The molecule has 0 radical (unpaired) electrons. The maximum Gasteiger partial charge on any atom is 0.255 e. The number of carbonyl (C=O) groups is 1. The molecule has 0 aliphatic heterocycles. The Hall–Kier alpha value is -2.08. The second-order valence-corrected chi connectivity index (χ2v) is 11.2. The summed E-state index contributed by atoms with van der Waals surface area (Å²) in [5, 5.41) is 3.08. The van der Waals surface area contributed by atoms with Crippen LogP contribution in [0, 0.1) is 11.8 Å². The molecule has 0 saturated heterocycles. The highest BCUT2D eigenvalue weighted by Gasteiger charge is 2.32. The quantitative estimate of drug-likeness (QED) is 0.493. The van der Waals surface area contributed by atoms with Crippen LogP contribution in [-0.2, 0) is 14.8 Å². The van der Waals surface area contributed by atoms with Gasteiger partial charge in [0.25, 0.3) is 5.91 Å². The molecule has 2 aliphatic carbocycles. The highest BCUT2D eigenvalue weighted by atomic mass is 32.2. The molecular formula is C23H34N2O3S. The Bertz CT molecular complexity index is 884. The smallest absolute Gasteiger partial charge is 0.255 e. The minimum absolute atomic E-state index is 0.196. The first kappa shape index (κ1) is 23.2. The van der Waals surface area contributed by atoms with E-state index in [1.165, 1.54) is 30.9 Å². The number of nitrogens with one attached hydrogen (secondary N) is 2. The molecule has 0 aromatic heterocycles. The second kappa shape index (κ2) is 9.16. The standard InChI is InChI=1S/C23H34N2O3S/c1-7-18(14-13-17(3)25-29(27,28)23(4,5)6)22(26)24-21-15-12-16(2)19-10-8-9-11-20(19)21/h7,12-15,19-20,25H,3,8-11H2,1-2,4-6H3,(H,24,26)/b14-13-,18-7+. The Morgan fingerprint density at radius 2 is 1.76 bits per heavy atom. The van der Waals surface area contributed by atoms with Gasteiger partial charge in [-0.25, -0.2) is 8.42 Å². The van der Waals surface area contributed by atoms with Crippen LogP contribution in [0.3, 0.4) is 0 Å². The molecule has 29 heavy (non-hydrogen) atoms. The fourth-order valence-corrected chi connectivity index (χ4v) is 4.43. The van der Waals surface area contributed by atoms with Gasteiger partial charge in [-0.2, -0.15) is 0 Å². The van der Waals surface area contributed by atoms with Gasteiger partial charge in [-0.3, -0.25) is 9.52 Å². The lowest BCUT2D eigenvalue weighted by Gasteiger charge is -2.36. The number of hydrogen-bond acceptors (Lipinski definition) is 3. The van der Waals surface area contributed by atoms with Crippen LogP contribution < -0.4 is 10.0 Å². The Morgan fingerprint density at radius 3 is 2.34 bits per heavy atom. The molecule has 5 nitrogen and oxygen atoms in total. The van der Waals surface area contributed by atoms with Gasteiger partial charge in [0.05, 0.1) is 4.75 Å². The van der Waals surface area contributed by atoms with E-state index in [4.69, 9.17) is 0 Å². The molecule has 2 N–H and O–H groups in total. The zero-order valence-electron chi connectivity index (χ0n) is 18.2. The van der Waals surface area contributed by atoms with Crippen molar-refractivity contribution in [1.82, 2.24) is 10.0 Å². The number of rotatable bonds is 6. The SMILES string of the molecule is C=C(/C=C\C(=C/C)C(=O)NC1=CC=C(C)C2CCCCC12)NS(=O)(=O)C(C)(C)C. The topological polar surface area (TPSA) is 75.3 Å². The normalized spacial score (nSPS) is 23.1. The van der Waals surface area contributed by atoms with Crippen molar-refractivity contribution in [1.29, 1.82) is 0 Å². The first-order valence-corrected chi connectivity index (χ1v) is 11.7. The fraction of sp³-hybridized carbons (Fsp3) is 0.522. The number of carbonyl (C=O) groups excluding carboxylic acids is 1. The van der Waals surface area contributed by atoms with E-state index in [0.29, 0.717) is 17.4 Å². The van der Waals surface area contributed by atoms with Crippen molar-refractivity contribution in [2.24, 2.45) is 11.8 Å². The Balaban J connectivity index is 2.06. The Kier molecular flexibility index (Phi) is 7.33. The highest BCUT2D eigenvalue weighted by Crippen LogP contribution is 2.40. The van der Waals surface area contributed by atoms with E-state index < -0.39 is 14.8 Å². The molecule has 1 amide bonds. The van der Waals surface area contributed by atoms with E-state index >= 15 is 0 Å². The van der Waals surface area contributed by atoms with Crippen LogP contribution >= 0.6 is 0 Å². The maximum absolute atomic E-state index is 12.8. The summed E-state index contributed by atoms with van der Waals surface area (Å²) < 4.78 is 25.9. The molecule has 0 aromatic rings. The zero-order valence-corrected chi connectivity index (χ0v) is 19.0. The third-order valence-corrected chi connectivity index (χ3v) is 7.79. The van der Waals surface area contributed by atoms with Gasteiger partial charge in [0.15, 0.2) is 0 Å². The summed E-state index contributed by atoms with van der Waals surface area (Å²) in [5.74, 6) is 0.687. The van der Waals surface area contributed by atoms with E-state index in [1.807, 2.05) is 6.08 Å². The summed E-state index contributed by atoms with van der Waals surface area (Å²) in [5.41, 5.74) is 3.04. The molecule has 1 fully saturated rings. The molecule has 2 rings (SSSR count). The largest absolute Gasteiger partial charge is 0.325 e. The lowest BCUT2D eigenvalue weighted by molar-refractivity contribution is -0.116. The molecule has 2 aliphatic rings. The van der Waals surface area contributed by atoms with Crippen LogP contribution in [0.1, 0.15) is 60.3 Å². The van der Waals surface area contributed by atoms with Gasteiger partial charge >= 0.3 is 0 Å². The van der Waals surface area contributed by atoms with Gasteiger partial charge in [0.1, 0.15) is 0 Å². The van der Waals surface area contributed by atoms with Gasteiger partial charge in [0, 0.05) is 22.9 Å². The van der Waals surface area contributed by atoms with Crippen LogP contribution in [0.25, 0.3) is 0 Å². The summed E-state index contributed by atoms with van der Waals surface area (Å²) >= 11 is 0. The molecule has 2 atom stereocenters. The molecule has 0 heterocycles. The van der Waals surface area contributed by atoms with E-state index in [-0.39, 0.29) is 11.6 Å². The van der Waals surface area contributed by atoms with Gasteiger partial charge < -0.3 is 5.32 Å². The first-order valence-electron chi connectivity index (χ1n) is 10.2. The van der Waals surface area contributed by atoms with Crippen molar-refractivity contribution in [2.75, 3.05) is 0 Å². The lowest BCUT2D eigenvalue weighted by atomic mass is 9.71. The number of allylic oxidation sites excluding steroid dienone is 6. The molecule has 1 saturated carbocycles. The van der Waals surface area contributed by atoms with Crippen molar-refractivity contribution in [3.05, 3.63) is 59.5 Å². The summed E-state index contributed by atoms with van der Waals surface area (Å²) in [7, 11) is -3.55. The maximum atomic E-state index is 12.8. The first-order chi connectivity index (χ1) is 13.5. The van der Waals surface area contributed by atoms with Gasteiger partial charge in [-0.15, -0.1) is 0 Å². The van der Waals surface area contributed by atoms with E-state index in [2.05, 4.69) is 29.6 Å². The Morgan fingerprint density at radius 1 is 1.14 bits per heavy atom. The van der Waals surface area contributed by atoms with Crippen LogP contribution in [-0.4, -0.2) is 19.1 Å². The summed E-state index contributed by atoms with van der Waals surface area (Å²) in [6, 6.07) is 0. The molecule has 0 spiro atoms. The average Bonchev–Trinajstić information content (AvgIpc) is 2.63. The predicted molar refractivity (Wildman–Crippen MR) is 119 cm³/mol. The number of hydrogen-bond donors (Lipinski definition) is 2. The third kappa shape index (κ3) is 5.72. The number of amides is 1. The van der Waals surface area contributed by atoms with E-state index in [9.17, 15) is 13.2 Å². The zero-order chi connectivity index (χ0) is 21.8. The molecule has 160 valence electrons. The molecule has 6 heteroatoms. The van der Waals surface area contributed by atoms with Crippen LogP contribution in [0.2, 0.25) is 0 Å². The van der Waals surface area contributed by atoms with E-state index in [1.54, 1.807) is 39.8 Å². The van der Waals surface area contributed by atoms with Gasteiger partial charge in [-0.05, 0) is 71.6 Å². The summed E-state index contributed by atoms with van der Waals surface area (Å²) in [6.45, 7) is 12.5. The average molecular weight is 419 g/mol. The third-order valence-electron chi connectivity index (χ3n) is 5.64. The fourth-order valence-electron chi connectivity index (χ4n) is 3.71. The van der Waals surface area contributed by atoms with Crippen molar-refractivity contribution >= 4 is 15.9 Å². The van der Waals surface area contributed by atoms with Crippen LogP contribution in [0.4, 0.5) is 0 Å². The summed E-state index contributed by atoms with van der Waals surface area (Å²) in [6.07, 6.45) is 13.6. The van der Waals surface area contributed by atoms with Gasteiger partial charge in [-0.1, -0.05) is 37.1 Å². The molecule has 2 unspecified atom stereocenters. The monoisotopic (exact) mass is 418 g/mol. The number of fused-ring (bicyclic) bond motifs is 1. The molecule has 0 bridgehead atoms. The van der Waals surface area contributed by atoms with Crippen molar-refractivity contribution in [3.8, 4) is 0 Å². The van der Waals surface area contributed by atoms with E-state index in [0.717, 1.165) is 12.1 Å². The predicted octanol–water partition coefficient (Wildman–Crippen LogP) is 4.49. The molecular weight excluding hydrogens is 384 g/mol. The lowest BCUT2D eigenvalue weighted by Crippen LogP contribution is -2.38. The minimum Gasteiger partial charge on any atom is -0.325 e. The number of sulfonamides is 1. The minimum atomic E-state index is -3.55. The summed E-state index contributed by atoms with van der Waals surface area (Å²) in [4.78, 5) is 12.8. The Labute approximate surface area is 175 Å². The van der Waals surface area contributed by atoms with Crippen molar-refractivity contribution < 1.29 is 13.2 Å². The van der Waals surface area contributed by atoms with Crippen molar-refractivity contribution in [3.63, 3.8) is 0 Å². The second-order valence-electron chi connectivity index (χ2n) is 8.80. The van der Waals surface area contributed by atoms with Crippen LogP contribution in [0.5, 0.6) is 0 Å². The van der Waals surface area contributed by atoms with Gasteiger partial charge in [0.2, 0.25) is 10.0 Å². The van der Waals surface area contributed by atoms with Crippen LogP contribution in [0.15, 0.2) is 59.5 Å². The molecule has 0 aromatic carbocycles. The highest BCUT2D eigenvalue weighted by molar-refractivity contribution is 7.90. The van der Waals surface area contributed by atoms with Crippen molar-refractivity contribution in [2.45, 2.75) is 65.0 Å².